The number of nitrogens with zero attached hydrogens (tertiary/aromatic N) is 3. The number of benzene rings is 2. The molecule has 0 radical (unpaired) electrons. The van der Waals surface area contributed by atoms with Crippen LogP contribution >= 0.6 is 0 Å². The standard InChI is InChI=1S/C23H17FN4O5/c1-32-23(31)15-6-10-17(11-7-15)25-19(29)13-28-12-2-3-18(22(28)30)21-26-20(27-33-21)14-4-8-16(24)9-5-14/h2-12H,13H2,1H3,(H,25,29). The highest BCUT2D eigenvalue weighted by Crippen LogP contribution is 2.20. The van der Waals surface area contributed by atoms with E-state index in [1.165, 1.54) is 60.3 Å². The molecule has 0 saturated heterocycles. The number of hydrogen-bond acceptors (Lipinski definition) is 7. The zero-order valence-electron chi connectivity index (χ0n) is 17.3. The van der Waals surface area contributed by atoms with Gasteiger partial charge < -0.3 is 19.1 Å². The molecule has 0 spiro atoms. The molecule has 0 saturated carbocycles. The molecule has 2 aromatic carbocycles. The third-order valence-corrected chi connectivity index (χ3v) is 4.68. The quantitative estimate of drug-likeness (QED) is 0.451. The summed E-state index contributed by atoms with van der Waals surface area (Å²) in [6.45, 7) is -0.260. The van der Waals surface area contributed by atoms with Gasteiger partial charge in [0.2, 0.25) is 11.7 Å². The first kappa shape index (κ1) is 21.6. The number of carbonyl (C=O) groups excluding carboxylic acids is 2. The Morgan fingerprint density at radius 2 is 1.82 bits per heavy atom. The van der Waals surface area contributed by atoms with Gasteiger partial charge in [-0.2, -0.15) is 4.98 Å². The highest BCUT2D eigenvalue weighted by Gasteiger charge is 2.16. The molecular weight excluding hydrogens is 431 g/mol. The van der Waals surface area contributed by atoms with E-state index in [4.69, 9.17) is 4.52 Å². The molecule has 0 fully saturated rings. The maximum atomic E-state index is 13.1. The van der Waals surface area contributed by atoms with Crippen molar-refractivity contribution >= 4 is 17.6 Å². The summed E-state index contributed by atoms with van der Waals surface area (Å²) in [6, 6.07) is 14.7. The minimum Gasteiger partial charge on any atom is -0.465 e. The molecule has 4 aromatic rings. The molecule has 0 unspecified atom stereocenters. The van der Waals surface area contributed by atoms with Gasteiger partial charge in [-0.25, -0.2) is 9.18 Å². The number of ether oxygens (including phenoxy) is 1. The Balaban J connectivity index is 1.49. The SMILES string of the molecule is COC(=O)c1ccc(NC(=O)Cn2cccc(-c3nc(-c4ccc(F)cc4)no3)c2=O)cc1. The van der Waals surface area contributed by atoms with Gasteiger partial charge in [0.05, 0.1) is 12.7 Å². The summed E-state index contributed by atoms with van der Waals surface area (Å²) in [5.41, 5.74) is 0.952. The fourth-order valence-electron chi connectivity index (χ4n) is 3.04. The van der Waals surface area contributed by atoms with E-state index in [0.29, 0.717) is 16.8 Å². The van der Waals surface area contributed by atoms with Gasteiger partial charge in [-0.15, -0.1) is 0 Å². The molecular formula is C23H17FN4O5. The van der Waals surface area contributed by atoms with Crippen LogP contribution in [0.15, 0.2) is 76.2 Å². The van der Waals surface area contributed by atoms with E-state index >= 15 is 0 Å². The van der Waals surface area contributed by atoms with Gasteiger partial charge in [-0.1, -0.05) is 5.16 Å². The summed E-state index contributed by atoms with van der Waals surface area (Å²) >= 11 is 0. The van der Waals surface area contributed by atoms with Crippen LogP contribution in [0.5, 0.6) is 0 Å². The number of aromatic nitrogens is 3. The number of amides is 1. The van der Waals surface area contributed by atoms with Crippen molar-refractivity contribution in [3.05, 3.63) is 88.6 Å². The van der Waals surface area contributed by atoms with E-state index in [1.54, 1.807) is 18.2 Å². The van der Waals surface area contributed by atoms with Crippen LogP contribution in [0, 0.1) is 5.82 Å². The molecule has 1 N–H and O–H groups in total. The molecule has 1 amide bonds. The van der Waals surface area contributed by atoms with E-state index in [2.05, 4.69) is 20.2 Å². The molecule has 0 atom stereocenters. The van der Waals surface area contributed by atoms with Crippen LogP contribution in [0.1, 0.15) is 10.4 Å². The molecule has 0 aliphatic rings. The van der Waals surface area contributed by atoms with E-state index in [0.717, 1.165) is 0 Å². The van der Waals surface area contributed by atoms with Crippen LogP contribution in [-0.2, 0) is 16.1 Å². The topological polar surface area (TPSA) is 116 Å². The van der Waals surface area contributed by atoms with Crippen LogP contribution in [0.25, 0.3) is 22.8 Å². The number of esters is 1. The lowest BCUT2D eigenvalue weighted by Crippen LogP contribution is -2.28. The maximum absolute atomic E-state index is 13.1. The number of anilines is 1. The fraction of sp³-hybridized carbons (Fsp3) is 0.0870. The molecule has 166 valence electrons. The second-order valence-electron chi connectivity index (χ2n) is 6.90. The van der Waals surface area contributed by atoms with Crippen molar-refractivity contribution in [1.82, 2.24) is 14.7 Å². The Morgan fingerprint density at radius 1 is 1.09 bits per heavy atom. The Bertz CT molecular complexity index is 1360. The molecule has 10 heteroatoms. The highest BCUT2D eigenvalue weighted by atomic mass is 19.1. The summed E-state index contributed by atoms with van der Waals surface area (Å²) in [4.78, 5) is 41.0. The molecule has 0 aliphatic carbocycles. The zero-order valence-corrected chi connectivity index (χ0v) is 17.3. The van der Waals surface area contributed by atoms with Crippen LogP contribution < -0.4 is 10.9 Å². The molecule has 9 nitrogen and oxygen atoms in total. The third-order valence-electron chi connectivity index (χ3n) is 4.68. The lowest BCUT2D eigenvalue weighted by Gasteiger charge is -2.08. The Hall–Kier alpha value is -4.60. The second-order valence-corrected chi connectivity index (χ2v) is 6.90. The number of methoxy groups -OCH3 is 1. The summed E-state index contributed by atoms with van der Waals surface area (Å²) in [7, 11) is 1.28. The summed E-state index contributed by atoms with van der Waals surface area (Å²) in [5.74, 6) is -1.15. The van der Waals surface area contributed by atoms with E-state index in [1.807, 2.05) is 0 Å². The van der Waals surface area contributed by atoms with Crippen LogP contribution in [0.2, 0.25) is 0 Å². The van der Waals surface area contributed by atoms with Gasteiger partial charge in [-0.05, 0) is 60.7 Å². The van der Waals surface area contributed by atoms with Gasteiger partial charge >= 0.3 is 5.97 Å². The van der Waals surface area contributed by atoms with Gasteiger partial charge in [-0.3, -0.25) is 9.59 Å². The summed E-state index contributed by atoms with van der Waals surface area (Å²) < 4.78 is 24.2. The van der Waals surface area contributed by atoms with Crippen molar-refractivity contribution in [3.8, 4) is 22.8 Å². The fourth-order valence-corrected chi connectivity index (χ4v) is 3.04. The predicted octanol–water partition coefficient (Wildman–Crippen LogP) is 3.13. The lowest BCUT2D eigenvalue weighted by atomic mass is 10.2. The molecule has 4 rings (SSSR count). The summed E-state index contributed by atoms with van der Waals surface area (Å²) in [5, 5.41) is 6.50. The second kappa shape index (κ2) is 9.27. The Morgan fingerprint density at radius 3 is 2.52 bits per heavy atom. The number of nitrogens with one attached hydrogen (secondary N) is 1. The molecule has 2 aromatic heterocycles. The Labute approximate surface area is 186 Å². The van der Waals surface area contributed by atoms with Gasteiger partial charge in [0.15, 0.2) is 0 Å². The smallest absolute Gasteiger partial charge is 0.337 e. The molecule has 2 heterocycles. The van der Waals surface area contributed by atoms with Gasteiger partial charge in [0, 0.05) is 17.4 Å². The van der Waals surface area contributed by atoms with Crippen molar-refractivity contribution in [1.29, 1.82) is 0 Å². The number of carbonyl (C=O) groups is 2. The largest absolute Gasteiger partial charge is 0.465 e. The first-order chi connectivity index (χ1) is 15.9. The molecule has 0 aliphatic heterocycles. The molecule has 0 bridgehead atoms. The number of rotatable bonds is 6. The van der Waals surface area contributed by atoms with E-state index < -0.39 is 23.3 Å². The zero-order chi connectivity index (χ0) is 23.4. The number of pyridine rings is 1. The Kier molecular flexibility index (Phi) is 6.07. The van der Waals surface area contributed by atoms with Crippen LogP contribution in [0.3, 0.4) is 0 Å². The maximum Gasteiger partial charge on any atom is 0.337 e. The minimum absolute atomic E-state index is 0.0208. The summed E-state index contributed by atoms with van der Waals surface area (Å²) in [6.07, 6.45) is 1.46. The lowest BCUT2D eigenvalue weighted by molar-refractivity contribution is -0.116. The van der Waals surface area contributed by atoms with Gasteiger partial charge in [0.25, 0.3) is 11.4 Å². The number of halogens is 1. The third kappa shape index (κ3) is 4.85. The van der Waals surface area contributed by atoms with Crippen molar-refractivity contribution in [2.45, 2.75) is 6.54 Å². The van der Waals surface area contributed by atoms with Crippen molar-refractivity contribution < 1.29 is 23.2 Å². The van der Waals surface area contributed by atoms with E-state index in [9.17, 15) is 18.8 Å². The number of hydrogen-bond donors (Lipinski definition) is 1. The average molecular weight is 448 g/mol. The predicted molar refractivity (Wildman–Crippen MR) is 116 cm³/mol. The van der Waals surface area contributed by atoms with E-state index in [-0.39, 0.29) is 23.8 Å². The van der Waals surface area contributed by atoms with Crippen LogP contribution in [0.4, 0.5) is 10.1 Å². The van der Waals surface area contributed by atoms with Crippen molar-refractivity contribution in [2.24, 2.45) is 0 Å². The normalized spacial score (nSPS) is 10.6. The molecule has 33 heavy (non-hydrogen) atoms. The monoisotopic (exact) mass is 448 g/mol. The highest BCUT2D eigenvalue weighted by molar-refractivity contribution is 5.93. The first-order valence-corrected chi connectivity index (χ1v) is 9.72. The average Bonchev–Trinajstić information content (AvgIpc) is 3.31. The van der Waals surface area contributed by atoms with Crippen molar-refractivity contribution in [2.75, 3.05) is 12.4 Å². The van der Waals surface area contributed by atoms with Gasteiger partial charge in [0.1, 0.15) is 17.9 Å². The first-order valence-electron chi connectivity index (χ1n) is 9.72. The van der Waals surface area contributed by atoms with Crippen LogP contribution in [-0.4, -0.2) is 33.7 Å². The van der Waals surface area contributed by atoms with Crippen molar-refractivity contribution in [3.63, 3.8) is 0 Å². The minimum atomic E-state index is -0.497.